The molecule has 192 valence electrons. The van der Waals surface area contributed by atoms with Crippen LogP contribution in [0.15, 0.2) is 9.70 Å². The van der Waals surface area contributed by atoms with Gasteiger partial charge in [0.25, 0.3) is 11.5 Å². The molecule has 0 aromatic carbocycles. The number of nitriles is 1. The summed E-state index contributed by atoms with van der Waals surface area (Å²) in [4.78, 5) is 44.5. The number of thioether (sulfide) groups is 1. The van der Waals surface area contributed by atoms with Gasteiger partial charge in [0.15, 0.2) is 0 Å². The Morgan fingerprint density at radius 3 is 2.47 bits per heavy atom. The zero-order valence-corrected chi connectivity index (χ0v) is 22.5. The van der Waals surface area contributed by atoms with Crippen LogP contribution in [0.2, 0.25) is 0 Å². The first-order valence-electron chi connectivity index (χ1n) is 12.4. The first-order valence-corrected chi connectivity index (χ1v) is 13.6. The maximum absolute atomic E-state index is 13.4. The summed E-state index contributed by atoms with van der Waals surface area (Å²) >= 11 is 6.87. The molecule has 2 saturated heterocycles. The molecule has 0 N–H and O–H groups in total. The van der Waals surface area contributed by atoms with E-state index in [2.05, 4.69) is 0 Å². The van der Waals surface area contributed by atoms with Crippen molar-refractivity contribution >= 4 is 52.2 Å². The molecule has 36 heavy (non-hydrogen) atoms. The summed E-state index contributed by atoms with van der Waals surface area (Å²) in [6, 6.07) is 2.17. The lowest BCUT2D eigenvalue weighted by molar-refractivity contribution is -0.124. The highest BCUT2D eigenvalue weighted by Gasteiger charge is 2.38. The average Bonchev–Trinajstić information content (AvgIpc) is 3.16. The van der Waals surface area contributed by atoms with Crippen LogP contribution in [0, 0.1) is 18.3 Å². The van der Waals surface area contributed by atoms with Gasteiger partial charge < -0.3 is 14.5 Å². The Bertz CT molecular complexity index is 1200. The van der Waals surface area contributed by atoms with E-state index < -0.39 is 0 Å². The number of anilines is 1. The van der Waals surface area contributed by atoms with Crippen LogP contribution in [0.1, 0.15) is 55.7 Å². The summed E-state index contributed by atoms with van der Waals surface area (Å²) in [5.41, 5.74) is 0.860. The molecule has 3 fully saturated rings. The molecule has 9 nitrogen and oxygen atoms in total. The van der Waals surface area contributed by atoms with Crippen molar-refractivity contribution in [3.05, 3.63) is 31.9 Å². The van der Waals surface area contributed by atoms with E-state index in [4.69, 9.17) is 17.0 Å². The van der Waals surface area contributed by atoms with E-state index in [1.165, 1.54) is 22.7 Å². The van der Waals surface area contributed by atoms with Gasteiger partial charge in [0.1, 0.15) is 21.8 Å². The highest BCUT2D eigenvalue weighted by Crippen LogP contribution is 2.39. The van der Waals surface area contributed by atoms with Gasteiger partial charge in [-0.05, 0) is 38.3 Å². The van der Waals surface area contributed by atoms with Crippen LogP contribution in [0.5, 0.6) is 0 Å². The minimum atomic E-state index is -0.385. The van der Waals surface area contributed by atoms with E-state index in [1.807, 2.05) is 11.0 Å². The molecule has 0 atom stereocenters. The number of hydrogen-bond donors (Lipinski definition) is 0. The molecule has 0 unspecified atom stereocenters. The number of hydrogen-bond acceptors (Lipinski definition) is 8. The number of ether oxygens (including phenoxy) is 1. The quantitative estimate of drug-likeness (QED) is 0.433. The van der Waals surface area contributed by atoms with Crippen molar-refractivity contribution < 1.29 is 14.3 Å². The standard InChI is InChI=1S/C25H31N5O4S2/c1-4-34-24(33)29-12-10-28(11-13-29)21-18(16(2)19(15-26)22(31)27(21)3)14-20-23(32)30(25(35)36-20)17-8-6-5-7-9-17/h14,17H,4-13H2,1-3H3. The zero-order chi connectivity index (χ0) is 26.0. The summed E-state index contributed by atoms with van der Waals surface area (Å²) in [6.45, 7) is 5.68. The second-order valence-corrected chi connectivity index (χ2v) is 10.9. The molecule has 0 spiro atoms. The largest absolute Gasteiger partial charge is 0.450 e. The van der Waals surface area contributed by atoms with E-state index in [-0.39, 0.29) is 29.2 Å². The van der Waals surface area contributed by atoms with Crippen LogP contribution in [0.3, 0.4) is 0 Å². The molecule has 1 aliphatic carbocycles. The Kier molecular flexibility index (Phi) is 8.05. The Labute approximate surface area is 220 Å². The molecule has 1 aromatic heterocycles. The third-order valence-electron chi connectivity index (χ3n) is 7.11. The highest BCUT2D eigenvalue weighted by atomic mass is 32.2. The first kappa shape index (κ1) is 26.2. The maximum atomic E-state index is 13.4. The van der Waals surface area contributed by atoms with E-state index in [0.717, 1.165) is 25.7 Å². The van der Waals surface area contributed by atoms with E-state index in [0.29, 0.717) is 59.0 Å². The predicted octanol–water partition coefficient (Wildman–Crippen LogP) is 3.38. The fourth-order valence-corrected chi connectivity index (χ4v) is 6.56. The predicted molar refractivity (Wildman–Crippen MR) is 144 cm³/mol. The lowest BCUT2D eigenvalue weighted by Crippen LogP contribution is -2.50. The smallest absolute Gasteiger partial charge is 0.409 e. The van der Waals surface area contributed by atoms with Crippen LogP contribution in [0.4, 0.5) is 10.6 Å². The van der Waals surface area contributed by atoms with Crippen molar-refractivity contribution in [3.8, 4) is 6.07 Å². The van der Waals surface area contributed by atoms with Gasteiger partial charge in [-0.25, -0.2) is 4.79 Å². The fraction of sp³-hybridized carbons (Fsp3) is 0.560. The normalized spacial score (nSPS) is 20.3. The number of piperazine rings is 1. The second kappa shape index (κ2) is 11.0. The van der Waals surface area contributed by atoms with Gasteiger partial charge in [-0.3, -0.25) is 19.1 Å². The molecule has 1 saturated carbocycles. The molecule has 2 aliphatic heterocycles. The number of thiocarbonyl (C=S) groups is 1. The summed E-state index contributed by atoms with van der Waals surface area (Å²) in [5.74, 6) is 0.518. The van der Waals surface area contributed by atoms with Gasteiger partial charge in [-0.1, -0.05) is 43.2 Å². The van der Waals surface area contributed by atoms with Crippen LogP contribution >= 0.6 is 24.0 Å². The number of carbonyl (C=O) groups excluding carboxylic acids is 2. The first-order chi connectivity index (χ1) is 17.3. The molecular weight excluding hydrogens is 498 g/mol. The Balaban J connectivity index is 1.71. The van der Waals surface area contributed by atoms with Gasteiger partial charge in [-0.15, -0.1) is 0 Å². The number of aromatic nitrogens is 1. The SMILES string of the molecule is CCOC(=O)N1CCN(c2c(C=C3SC(=S)N(C4CCCCC4)C3=O)c(C)c(C#N)c(=O)n2C)CC1. The van der Waals surface area contributed by atoms with Crippen molar-refractivity contribution in [2.45, 2.75) is 52.0 Å². The Morgan fingerprint density at radius 1 is 1.19 bits per heavy atom. The molecule has 11 heteroatoms. The fourth-order valence-electron chi connectivity index (χ4n) is 5.17. The third kappa shape index (κ3) is 4.89. The second-order valence-electron chi connectivity index (χ2n) is 9.23. The molecule has 4 rings (SSSR count). The van der Waals surface area contributed by atoms with Crippen LogP contribution < -0.4 is 10.5 Å². The minimum Gasteiger partial charge on any atom is -0.450 e. The molecule has 3 aliphatic rings. The number of pyridine rings is 1. The Hall–Kier alpha value is -2.84. The van der Waals surface area contributed by atoms with Crippen LogP contribution in [-0.2, 0) is 16.6 Å². The van der Waals surface area contributed by atoms with E-state index in [9.17, 15) is 19.6 Å². The summed E-state index contributed by atoms with van der Waals surface area (Å²) in [7, 11) is 1.64. The average molecular weight is 530 g/mol. The third-order valence-corrected chi connectivity index (χ3v) is 8.44. The van der Waals surface area contributed by atoms with E-state index in [1.54, 1.807) is 36.8 Å². The topological polar surface area (TPSA) is 98.9 Å². The molecule has 3 heterocycles. The van der Waals surface area contributed by atoms with Crippen LogP contribution in [-0.4, -0.2) is 69.5 Å². The Morgan fingerprint density at radius 2 is 1.86 bits per heavy atom. The van der Waals surface area contributed by atoms with Gasteiger partial charge in [0.2, 0.25) is 0 Å². The molecule has 0 radical (unpaired) electrons. The molecule has 0 bridgehead atoms. The minimum absolute atomic E-state index is 0.0559. The number of nitrogens with zero attached hydrogens (tertiary/aromatic N) is 5. The number of amides is 2. The zero-order valence-electron chi connectivity index (χ0n) is 20.9. The van der Waals surface area contributed by atoms with Crippen molar-refractivity contribution in [2.24, 2.45) is 7.05 Å². The van der Waals surface area contributed by atoms with Crippen molar-refractivity contribution in [1.29, 1.82) is 5.26 Å². The molecule has 2 amide bonds. The van der Waals surface area contributed by atoms with Crippen molar-refractivity contribution in [1.82, 2.24) is 14.4 Å². The number of rotatable bonds is 4. The van der Waals surface area contributed by atoms with Gasteiger partial charge in [0, 0.05) is 44.8 Å². The molecular formula is C25H31N5O4S2. The lowest BCUT2D eigenvalue weighted by atomic mass is 9.94. The maximum Gasteiger partial charge on any atom is 0.409 e. The van der Waals surface area contributed by atoms with Gasteiger partial charge in [0.05, 0.1) is 11.5 Å². The van der Waals surface area contributed by atoms with Crippen molar-refractivity contribution in [2.75, 3.05) is 37.7 Å². The summed E-state index contributed by atoms with van der Waals surface area (Å²) < 4.78 is 7.15. The van der Waals surface area contributed by atoms with Gasteiger partial charge in [-0.2, -0.15) is 5.26 Å². The van der Waals surface area contributed by atoms with Gasteiger partial charge >= 0.3 is 6.09 Å². The highest BCUT2D eigenvalue weighted by molar-refractivity contribution is 8.26. The summed E-state index contributed by atoms with van der Waals surface area (Å²) in [6.07, 6.45) is 6.70. The van der Waals surface area contributed by atoms with Crippen LogP contribution in [0.25, 0.3) is 6.08 Å². The molecule has 1 aromatic rings. The summed E-state index contributed by atoms with van der Waals surface area (Å²) in [5, 5.41) is 9.71. The number of carbonyl (C=O) groups is 2. The van der Waals surface area contributed by atoms with Crippen molar-refractivity contribution in [3.63, 3.8) is 0 Å². The monoisotopic (exact) mass is 529 g/mol. The van der Waals surface area contributed by atoms with E-state index >= 15 is 0 Å². The lowest BCUT2D eigenvalue weighted by Gasteiger charge is -2.37.